The van der Waals surface area contributed by atoms with Gasteiger partial charge in [0.15, 0.2) is 0 Å². The Balaban J connectivity index is 1.99. The van der Waals surface area contributed by atoms with E-state index in [2.05, 4.69) is 5.32 Å². The van der Waals surface area contributed by atoms with Crippen molar-refractivity contribution in [2.45, 2.75) is 19.3 Å². The average Bonchev–Trinajstić information content (AvgIpc) is 2.42. The zero-order valence-corrected chi connectivity index (χ0v) is 11.7. The number of hydrogen-bond acceptors (Lipinski definition) is 3. The summed E-state index contributed by atoms with van der Waals surface area (Å²) in [6.07, 6.45) is 2.35. The van der Waals surface area contributed by atoms with E-state index in [1.54, 1.807) is 0 Å². The number of carboxylic acid groups (broad SMARTS) is 1. The van der Waals surface area contributed by atoms with Gasteiger partial charge in [-0.1, -0.05) is 0 Å². The Morgan fingerprint density at radius 2 is 2.05 bits per heavy atom. The van der Waals surface area contributed by atoms with Crippen LogP contribution < -0.4 is 5.32 Å². The molecule has 20 heavy (non-hydrogen) atoms. The molecule has 1 aliphatic heterocycles. The number of hydrogen-bond donors (Lipinski definition) is 2. The second-order valence-electron chi connectivity index (χ2n) is 4.81. The van der Waals surface area contributed by atoms with E-state index in [9.17, 15) is 14.0 Å². The number of benzene rings is 1. The molecule has 2 rings (SSSR count). The first-order valence-corrected chi connectivity index (χ1v) is 7.62. The van der Waals surface area contributed by atoms with Gasteiger partial charge in [-0.05, 0) is 48.5 Å². The van der Waals surface area contributed by atoms with Crippen LogP contribution in [0.25, 0.3) is 0 Å². The molecule has 1 aliphatic rings. The summed E-state index contributed by atoms with van der Waals surface area (Å²) in [6.45, 7) is 0. The van der Waals surface area contributed by atoms with Crippen molar-refractivity contribution in [2.24, 2.45) is 5.92 Å². The Morgan fingerprint density at radius 1 is 1.35 bits per heavy atom. The van der Waals surface area contributed by atoms with Gasteiger partial charge in [-0.2, -0.15) is 11.8 Å². The molecule has 6 heteroatoms. The molecule has 1 heterocycles. The van der Waals surface area contributed by atoms with Crippen molar-refractivity contribution < 1.29 is 19.1 Å². The van der Waals surface area contributed by atoms with Crippen molar-refractivity contribution in [1.29, 1.82) is 0 Å². The third kappa shape index (κ3) is 3.96. The fourth-order valence-electron chi connectivity index (χ4n) is 2.17. The van der Waals surface area contributed by atoms with Gasteiger partial charge in [0.1, 0.15) is 5.82 Å². The topological polar surface area (TPSA) is 66.4 Å². The molecule has 1 aromatic rings. The Morgan fingerprint density at radius 3 is 2.70 bits per heavy atom. The van der Waals surface area contributed by atoms with E-state index in [4.69, 9.17) is 5.11 Å². The quantitative estimate of drug-likeness (QED) is 0.896. The highest BCUT2D eigenvalue weighted by Crippen LogP contribution is 2.26. The normalized spacial score (nSPS) is 15.8. The van der Waals surface area contributed by atoms with E-state index in [0.717, 1.165) is 36.5 Å². The van der Waals surface area contributed by atoms with Crippen LogP contribution in [-0.2, 0) is 4.79 Å². The summed E-state index contributed by atoms with van der Waals surface area (Å²) in [5.74, 6) is 0.416. The van der Waals surface area contributed by atoms with Crippen LogP contribution in [0.2, 0.25) is 0 Å². The summed E-state index contributed by atoms with van der Waals surface area (Å²) in [7, 11) is 0. The highest BCUT2D eigenvalue weighted by atomic mass is 32.2. The van der Waals surface area contributed by atoms with E-state index in [1.807, 2.05) is 11.8 Å². The highest BCUT2D eigenvalue weighted by Gasteiger charge is 2.18. The molecule has 108 valence electrons. The number of thioether (sulfide) groups is 1. The Hall–Kier alpha value is -1.56. The molecule has 4 nitrogen and oxygen atoms in total. The number of anilines is 1. The van der Waals surface area contributed by atoms with Crippen molar-refractivity contribution in [3.63, 3.8) is 0 Å². The molecule has 0 radical (unpaired) electrons. The lowest BCUT2D eigenvalue weighted by Crippen LogP contribution is -2.20. The molecule has 0 bridgehead atoms. The van der Waals surface area contributed by atoms with Crippen LogP contribution in [0.3, 0.4) is 0 Å². The maximum absolute atomic E-state index is 13.6. The lowest BCUT2D eigenvalue weighted by atomic mass is 9.98. The average molecular weight is 297 g/mol. The summed E-state index contributed by atoms with van der Waals surface area (Å²) < 4.78 is 13.6. The number of carbonyl (C=O) groups excluding carboxylic acids is 1. The molecule has 1 amide bonds. The van der Waals surface area contributed by atoms with Crippen LogP contribution in [0.4, 0.5) is 10.1 Å². The SMILES string of the molecule is O=C(CC1CCSCC1)Nc1cc(C(=O)O)ccc1F. The van der Waals surface area contributed by atoms with E-state index in [1.165, 1.54) is 6.07 Å². The van der Waals surface area contributed by atoms with Crippen molar-refractivity contribution in [2.75, 3.05) is 16.8 Å². The van der Waals surface area contributed by atoms with Crippen LogP contribution in [0, 0.1) is 11.7 Å². The predicted molar refractivity (Wildman–Crippen MR) is 76.7 cm³/mol. The van der Waals surface area contributed by atoms with Crippen LogP contribution in [-0.4, -0.2) is 28.5 Å². The largest absolute Gasteiger partial charge is 0.478 e. The molecule has 2 N–H and O–H groups in total. The van der Waals surface area contributed by atoms with Crippen molar-refractivity contribution >= 4 is 29.3 Å². The zero-order chi connectivity index (χ0) is 14.5. The summed E-state index contributed by atoms with van der Waals surface area (Å²) in [6, 6.07) is 3.37. The van der Waals surface area contributed by atoms with E-state index in [0.29, 0.717) is 12.3 Å². The minimum absolute atomic E-state index is 0.0456. The molecule has 1 aromatic carbocycles. The summed E-state index contributed by atoms with van der Waals surface area (Å²) in [5.41, 5.74) is -0.115. The van der Waals surface area contributed by atoms with Gasteiger partial charge < -0.3 is 10.4 Å². The van der Waals surface area contributed by atoms with E-state index in [-0.39, 0.29) is 17.2 Å². The number of rotatable bonds is 4. The van der Waals surface area contributed by atoms with Gasteiger partial charge in [0.05, 0.1) is 11.3 Å². The lowest BCUT2D eigenvalue weighted by molar-refractivity contribution is -0.117. The van der Waals surface area contributed by atoms with Crippen LogP contribution >= 0.6 is 11.8 Å². The number of nitrogens with one attached hydrogen (secondary N) is 1. The first-order valence-electron chi connectivity index (χ1n) is 6.46. The summed E-state index contributed by atoms with van der Waals surface area (Å²) in [4.78, 5) is 22.7. The van der Waals surface area contributed by atoms with Crippen LogP contribution in [0.5, 0.6) is 0 Å². The van der Waals surface area contributed by atoms with Crippen LogP contribution in [0.15, 0.2) is 18.2 Å². The number of carbonyl (C=O) groups is 2. The van der Waals surface area contributed by atoms with E-state index < -0.39 is 11.8 Å². The van der Waals surface area contributed by atoms with E-state index >= 15 is 0 Å². The Labute approximate surface area is 120 Å². The van der Waals surface area contributed by atoms with Gasteiger partial charge in [-0.25, -0.2) is 9.18 Å². The smallest absolute Gasteiger partial charge is 0.335 e. The Bertz CT molecular complexity index is 515. The Kier molecular flexibility index (Phi) is 5.00. The van der Waals surface area contributed by atoms with Crippen molar-refractivity contribution in [3.05, 3.63) is 29.6 Å². The van der Waals surface area contributed by atoms with Gasteiger partial charge in [0.25, 0.3) is 0 Å². The first kappa shape index (κ1) is 14.8. The number of carboxylic acids is 1. The molecule has 0 aliphatic carbocycles. The fourth-order valence-corrected chi connectivity index (χ4v) is 3.37. The maximum Gasteiger partial charge on any atom is 0.335 e. The monoisotopic (exact) mass is 297 g/mol. The molecule has 0 aromatic heterocycles. The first-order chi connectivity index (χ1) is 9.56. The second kappa shape index (κ2) is 6.74. The number of aromatic carboxylic acids is 1. The van der Waals surface area contributed by atoms with Gasteiger partial charge in [0.2, 0.25) is 5.91 Å². The third-order valence-corrected chi connectivity index (χ3v) is 4.35. The molecular weight excluding hydrogens is 281 g/mol. The summed E-state index contributed by atoms with van der Waals surface area (Å²) in [5, 5.41) is 11.3. The molecule has 0 unspecified atom stereocenters. The van der Waals surface area contributed by atoms with Crippen molar-refractivity contribution in [1.82, 2.24) is 0 Å². The predicted octanol–water partition coefficient (Wildman–Crippen LogP) is 3.00. The second-order valence-corrected chi connectivity index (χ2v) is 6.03. The van der Waals surface area contributed by atoms with Gasteiger partial charge >= 0.3 is 5.97 Å². The molecule has 0 saturated carbocycles. The fraction of sp³-hybridized carbons (Fsp3) is 0.429. The molecule has 0 atom stereocenters. The molecule has 1 fully saturated rings. The highest BCUT2D eigenvalue weighted by molar-refractivity contribution is 7.99. The minimum atomic E-state index is -1.15. The summed E-state index contributed by atoms with van der Waals surface area (Å²) >= 11 is 1.88. The standard InChI is InChI=1S/C14H16FNO3S/c15-11-2-1-10(14(18)19)8-12(11)16-13(17)7-9-3-5-20-6-4-9/h1-2,8-9H,3-7H2,(H,16,17)(H,18,19). The zero-order valence-electron chi connectivity index (χ0n) is 10.9. The van der Waals surface area contributed by atoms with Crippen LogP contribution in [0.1, 0.15) is 29.6 Å². The molecule has 1 saturated heterocycles. The number of amides is 1. The van der Waals surface area contributed by atoms with Gasteiger partial charge in [-0.3, -0.25) is 4.79 Å². The third-order valence-electron chi connectivity index (χ3n) is 3.30. The maximum atomic E-state index is 13.6. The van der Waals surface area contributed by atoms with Gasteiger partial charge in [0, 0.05) is 6.42 Å². The number of halogens is 1. The lowest BCUT2D eigenvalue weighted by Gasteiger charge is -2.20. The minimum Gasteiger partial charge on any atom is -0.478 e. The van der Waals surface area contributed by atoms with Crippen molar-refractivity contribution in [3.8, 4) is 0 Å². The molecule has 0 spiro atoms. The van der Waals surface area contributed by atoms with Gasteiger partial charge in [-0.15, -0.1) is 0 Å². The molecular formula is C14H16FNO3S.